The largest absolute Gasteiger partial charge is 0.479 e. The van der Waals surface area contributed by atoms with Crippen LogP contribution in [0, 0.1) is 0 Å². The molecule has 0 aromatic carbocycles. The molecule has 0 radical (unpaired) electrons. The van der Waals surface area contributed by atoms with Crippen LogP contribution >= 0.6 is 0 Å². The van der Waals surface area contributed by atoms with Gasteiger partial charge in [-0.25, -0.2) is 4.79 Å². The average molecular weight is 1050 g/mol. The maximum absolute atomic E-state index is 13.1. The van der Waals surface area contributed by atoms with Crippen LogP contribution in [0.25, 0.3) is 0 Å². The summed E-state index contributed by atoms with van der Waals surface area (Å²) in [6, 6.07) is 0. The second-order valence-corrected chi connectivity index (χ2v) is 18.8. The SMILES string of the molecule is CC/C=C\C/C=C\C/C=C\C/C=C\C/C=C\CC(=O)OC(COC(=O)CCCCCCCC/C=C\C/C=C\C/C=C\C/C=C\CC)COC1OC(C(=O)O)C(O)C(O)C1OC(=O)CCCCCCC/C=C\CCCC. The summed E-state index contributed by atoms with van der Waals surface area (Å²) in [7, 11) is 0. The molecular formula is C63H98O12. The van der Waals surface area contributed by atoms with Crippen LogP contribution in [-0.2, 0) is 42.9 Å². The van der Waals surface area contributed by atoms with Gasteiger partial charge in [0.2, 0.25) is 0 Å². The van der Waals surface area contributed by atoms with Crippen LogP contribution in [0.15, 0.2) is 122 Å². The molecule has 75 heavy (non-hydrogen) atoms. The summed E-state index contributed by atoms with van der Waals surface area (Å²) in [5.41, 5.74) is 0. The van der Waals surface area contributed by atoms with Gasteiger partial charge >= 0.3 is 23.9 Å². The van der Waals surface area contributed by atoms with Gasteiger partial charge in [0.05, 0.1) is 13.0 Å². The lowest BCUT2D eigenvalue weighted by molar-refractivity contribution is -0.301. The zero-order valence-electron chi connectivity index (χ0n) is 46.2. The second kappa shape index (κ2) is 50.0. The maximum atomic E-state index is 13.1. The molecule has 0 aromatic heterocycles. The number of carboxylic acid groups (broad SMARTS) is 1. The summed E-state index contributed by atoms with van der Waals surface area (Å²) in [5.74, 6) is -3.34. The van der Waals surface area contributed by atoms with E-state index in [2.05, 4.69) is 118 Å². The first kappa shape index (κ1) is 68.1. The van der Waals surface area contributed by atoms with Crippen molar-refractivity contribution >= 4 is 23.9 Å². The number of hydrogen-bond acceptors (Lipinski definition) is 11. The molecule has 6 atom stereocenters. The molecule has 12 heteroatoms. The highest BCUT2D eigenvalue weighted by Crippen LogP contribution is 2.26. The molecule has 0 spiro atoms. The molecule has 0 amide bonds. The van der Waals surface area contributed by atoms with Crippen molar-refractivity contribution in [1.29, 1.82) is 0 Å². The van der Waals surface area contributed by atoms with Crippen LogP contribution in [0.4, 0.5) is 0 Å². The number of unbranched alkanes of at least 4 members (excludes halogenated alkanes) is 13. The summed E-state index contributed by atoms with van der Waals surface area (Å²) in [4.78, 5) is 51.0. The summed E-state index contributed by atoms with van der Waals surface area (Å²) >= 11 is 0. The minimum atomic E-state index is -1.93. The zero-order chi connectivity index (χ0) is 54.7. The highest BCUT2D eigenvalue weighted by Gasteiger charge is 2.50. The summed E-state index contributed by atoms with van der Waals surface area (Å²) < 4.78 is 28.2. The number of rotatable bonds is 46. The molecule has 3 N–H and O–H groups in total. The monoisotopic (exact) mass is 1050 g/mol. The van der Waals surface area contributed by atoms with Gasteiger partial charge in [-0.05, 0) is 103 Å². The number of carbonyl (C=O) groups is 4. The van der Waals surface area contributed by atoms with Crippen molar-refractivity contribution in [2.75, 3.05) is 13.2 Å². The molecule has 1 saturated heterocycles. The van der Waals surface area contributed by atoms with E-state index in [-0.39, 0.29) is 25.9 Å². The number of aliphatic carboxylic acids is 1. The van der Waals surface area contributed by atoms with Gasteiger partial charge in [-0.2, -0.15) is 0 Å². The highest BCUT2D eigenvalue weighted by molar-refractivity contribution is 5.74. The first-order valence-electron chi connectivity index (χ1n) is 28.5. The average Bonchev–Trinajstić information content (AvgIpc) is 3.39. The van der Waals surface area contributed by atoms with Crippen LogP contribution in [0.2, 0.25) is 0 Å². The first-order valence-corrected chi connectivity index (χ1v) is 28.5. The molecule has 0 saturated carbocycles. The number of aliphatic hydroxyl groups excluding tert-OH is 2. The Balaban J connectivity index is 2.76. The van der Waals surface area contributed by atoms with E-state index in [4.69, 9.17) is 23.7 Å². The van der Waals surface area contributed by atoms with E-state index < -0.39 is 67.3 Å². The van der Waals surface area contributed by atoms with Crippen molar-refractivity contribution in [2.45, 2.75) is 237 Å². The fourth-order valence-corrected chi connectivity index (χ4v) is 7.71. The van der Waals surface area contributed by atoms with Crippen LogP contribution in [0.3, 0.4) is 0 Å². The van der Waals surface area contributed by atoms with Gasteiger partial charge in [0.1, 0.15) is 18.8 Å². The minimum absolute atomic E-state index is 0.0317. The molecule has 1 aliphatic rings. The Hall–Kier alpha value is -4.88. The molecule has 1 heterocycles. The topological polar surface area (TPSA) is 175 Å². The Morgan fingerprint density at radius 1 is 0.467 bits per heavy atom. The molecule has 0 bridgehead atoms. The van der Waals surface area contributed by atoms with Crippen molar-refractivity contribution in [2.24, 2.45) is 0 Å². The Kier molecular flexibility index (Phi) is 45.4. The van der Waals surface area contributed by atoms with E-state index in [0.29, 0.717) is 19.3 Å². The summed E-state index contributed by atoms with van der Waals surface area (Å²) in [5, 5.41) is 31.4. The van der Waals surface area contributed by atoms with E-state index in [0.717, 1.165) is 128 Å². The van der Waals surface area contributed by atoms with Gasteiger partial charge in [0, 0.05) is 12.8 Å². The standard InChI is InChI=1S/C63H98O12/c1-4-7-10-13-16-19-22-24-26-27-28-29-31-32-35-37-40-43-46-49-55(64)71-52-54(73-56(65)50-47-44-41-39-36-33-30-25-23-20-17-14-11-8-5-2)53-72-63-61(59(68)58(67)60(75-63)62(69)70)74-57(66)51-48-45-42-38-34-21-18-15-12-9-6-3/h7-8,10-11,15-20,24-26,28-30,36,39,44,47,54,58-61,63,67-68H,4-6,9,12-14,21-23,27,31-35,37-38,40-43,45-46,48-53H2,1-3H3,(H,69,70)/b10-7-,11-8-,18-15-,19-16-,20-17-,26-24-,29-28-,30-25-,39-36-,47-44-. The molecule has 12 nitrogen and oxygen atoms in total. The lowest BCUT2D eigenvalue weighted by Gasteiger charge is -2.40. The molecule has 6 unspecified atom stereocenters. The first-order chi connectivity index (χ1) is 36.6. The van der Waals surface area contributed by atoms with E-state index >= 15 is 0 Å². The smallest absolute Gasteiger partial charge is 0.335 e. The van der Waals surface area contributed by atoms with E-state index in [9.17, 15) is 34.5 Å². The van der Waals surface area contributed by atoms with Gasteiger partial charge in [0.25, 0.3) is 0 Å². The van der Waals surface area contributed by atoms with Crippen molar-refractivity contribution in [3.8, 4) is 0 Å². The predicted octanol–water partition coefficient (Wildman–Crippen LogP) is 14.4. The summed E-state index contributed by atoms with van der Waals surface area (Å²) in [6.45, 7) is 5.60. The number of esters is 3. The Morgan fingerprint density at radius 2 is 0.880 bits per heavy atom. The van der Waals surface area contributed by atoms with Crippen molar-refractivity contribution in [3.05, 3.63) is 122 Å². The normalized spacial score (nSPS) is 19.1. The zero-order valence-corrected chi connectivity index (χ0v) is 46.2. The highest BCUT2D eigenvalue weighted by atomic mass is 16.7. The quantitative estimate of drug-likeness (QED) is 0.0228. The number of carbonyl (C=O) groups excluding carboxylic acids is 3. The fraction of sp³-hybridized carbons (Fsp3) is 0.619. The predicted molar refractivity (Wildman–Crippen MR) is 303 cm³/mol. The number of ether oxygens (including phenoxy) is 5. The van der Waals surface area contributed by atoms with E-state index in [1.165, 1.54) is 12.8 Å². The van der Waals surface area contributed by atoms with Crippen LogP contribution in [0.5, 0.6) is 0 Å². The lowest BCUT2D eigenvalue weighted by atomic mass is 9.98. The molecule has 0 aromatic rings. The number of allylic oxidation sites excluding steroid dienone is 19. The van der Waals surface area contributed by atoms with Gasteiger partial charge in [-0.3, -0.25) is 14.4 Å². The molecular weight excluding hydrogens is 949 g/mol. The third-order valence-corrected chi connectivity index (χ3v) is 12.0. The Labute approximate surface area is 452 Å². The van der Waals surface area contributed by atoms with Gasteiger partial charge in [-0.1, -0.05) is 200 Å². The lowest BCUT2D eigenvalue weighted by Crippen LogP contribution is -2.61. The van der Waals surface area contributed by atoms with Crippen LogP contribution in [-0.4, -0.2) is 89.2 Å². The van der Waals surface area contributed by atoms with Crippen molar-refractivity contribution < 1.29 is 58.2 Å². The van der Waals surface area contributed by atoms with Gasteiger partial charge < -0.3 is 39.0 Å². The number of hydrogen-bond donors (Lipinski definition) is 3. The molecule has 0 aliphatic carbocycles. The van der Waals surface area contributed by atoms with E-state index in [1.54, 1.807) is 6.08 Å². The third-order valence-electron chi connectivity index (χ3n) is 12.0. The minimum Gasteiger partial charge on any atom is -0.479 e. The van der Waals surface area contributed by atoms with Crippen molar-refractivity contribution in [3.63, 3.8) is 0 Å². The number of aliphatic hydroxyl groups is 2. The Bertz CT molecular complexity index is 1770. The summed E-state index contributed by atoms with van der Waals surface area (Å²) in [6.07, 6.45) is 56.4. The molecule has 1 rings (SSSR count). The second-order valence-electron chi connectivity index (χ2n) is 18.8. The van der Waals surface area contributed by atoms with E-state index in [1.807, 2.05) is 18.2 Å². The number of carboxylic acids is 1. The maximum Gasteiger partial charge on any atom is 0.335 e. The molecule has 1 fully saturated rings. The third kappa shape index (κ3) is 40.1. The van der Waals surface area contributed by atoms with Gasteiger partial charge in [0.15, 0.2) is 24.6 Å². The molecule has 422 valence electrons. The van der Waals surface area contributed by atoms with Crippen LogP contribution in [0.1, 0.15) is 201 Å². The fourth-order valence-electron chi connectivity index (χ4n) is 7.71. The van der Waals surface area contributed by atoms with Gasteiger partial charge in [-0.15, -0.1) is 0 Å². The molecule has 1 aliphatic heterocycles. The van der Waals surface area contributed by atoms with Crippen LogP contribution < -0.4 is 0 Å². The van der Waals surface area contributed by atoms with Crippen molar-refractivity contribution in [1.82, 2.24) is 0 Å². The Morgan fingerprint density at radius 3 is 1.36 bits per heavy atom.